The summed E-state index contributed by atoms with van der Waals surface area (Å²) in [4.78, 5) is 58.5. The molecule has 1 spiro atoms. The minimum atomic E-state index is -0.883. The lowest BCUT2D eigenvalue weighted by molar-refractivity contribution is -0.274. The molecular weight excluding hydrogens is 452 g/mol. The third-order valence-electron chi connectivity index (χ3n) is 8.37. The number of nitrogens with zero attached hydrogens (tertiary/aromatic N) is 2. The number of methoxy groups -OCH3 is 1. The van der Waals surface area contributed by atoms with Gasteiger partial charge < -0.3 is 19.2 Å². The zero-order chi connectivity index (χ0) is 25.2. The number of piperidine rings is 2. The Morgan fingerprint density at radius 2 is 1.83 bits per heavy atom. The van der Waals surface area contributed by atoms with E-state index in [4.69, 9.17) is 14.3 Å². The highest BCUT2D eigenvalue weighted by Crippen LogP contribution is 2.69. The molecule has 3 aliphatic heterocycles. The summed E-state index contributed by atoms with van der Waals surface area (Å²) < 4.78 is 11.0. The smallest absolute Gasteiger partial charge is 0.322 e. The van der Waals surface area contributed by atoms with E-state index in [1.54, 1.807) is 9.96 Å². The van der Waals surface area contributed by atoms with Gasteiger partial charge in [0.05, 0.1) is 37.8 Å². The zero-order valence-corrected chi connectivity index (χ0v) is 20.5. The van der Waals surface area contributed by atoms with Crippen molar-refractivity contribution >= 4 is 29.5 Å². The molecule has 4 fully saturated rings. The van der Waals surface area contributed by atoms with Gasteiger partial charge in [0.2, 0.25) is 5.91 Å². The van der Waals surface area contributed by atoms with Crippen LogP contribution in [-0.4, -0.2) is 60.7 Å². The molecule has 7 atom stereocenters. The maximum Gasteiger partial charge on any atom is 0.322 e. The van der Waals surface area contributed by atoms with Crippen LogP contribution >= 0.6 is 0 Å². The van der Waals surface area contributed by atoms with Crippen molar-refractivity contribution in [2.45, 2.75) is 57.7 Å². The third-order valence-corrected chi connectivity index (χ3v) is 8.37. The molecular formula is C26H30N2O7. The number of benzene rings is 1. The molecule has 3 heterocycles. The Bertz CT molecular complexity index is 1150. The molecule has 2 saturated carbocycles. The highest BCUT2D eigenvalue weighted by molar-refractivity contribution is 5.97. The molecule has 1 aromatic carbocycles. The number of amides is 1. The van der Waals surface area contributed by atoms with Gasteiger partial charge in [0, 0.05) is 37.8 Å². The number of rotatable bonds is 4. The summed E-state index contributed by atoms with van der Waals surface area (Å²) in [7, 11) is 1.38. The lowest BCUT2D eigenvalue weighted by Crippen LogP contribution is -2.81. The summed E-state index contributed by atoms with van der Waals surface area (Å²) in [5.74, 6) is -2.68. The largest absolute Gasteiger partial charge is 0.469 e. The maximum atomic E-state index is 13.6. The van der Waals surface area contributed by atoms with Crippen molar-refractivity contribution in [3.8, 4) is 0 Å². The van der Waals surface area contributed by atoms with Crippen LogP contribution in [0.3, 0.4) is 0 Å². The molecule has 1 unspecified atom stereocenters. The number of hydrogen-bond acceptors (Lipinski definition) is 8. The lowest BCUT2D eigenvalue weighted by atomic mass is 9.42. The molecule has 1 aromatic rings. The fourth-order valence-corrected chi connectivity index (χ4v) is 7.68. The number of esters is 2. The van der Waals surface area contributed by atoms with E-state index >= 15 is 0 Å². The van der Waals surface area contributed by atoms with Crippen LogP contribution in [0.15, 0.2) is 35.9 Å². The fourth-order valence-electron chi connectivity index (χ4n) is 7.68. The molecule has 9 heteroatoms. The van der Waals surface area contributed by atoms with Gasteiger partial charge in [0.1, 0.15) is 0 Å². The monoisotopic (exact) mass is 482 g/mol. The van der Waals surface area contributed by atoms with Crippen LogP contribution in [0.5, 0.6) is 0 Å². The zero-order valence-electron chi connectivity index (χ0n) is 20.5. The minimum absolute atomic E-state index is 0.00137. The Morgan fingerprint density at radius 3 is 2.43 bits per heavy atom. The number of carbonyl (C=O) groups excluding carboxylic acids is 4. The average molecular weight is 483 g/mol. The first-order chi connectivity index (χ1) is 16.7. The summed E-state index contributed by atoms with van der Waals surface area (Å²) in [5.41, 5.74) is 1.67. The molecule has 1 amide bonds. The van der Waals surface area contributed by atoms with Crippen LogP contribution in [0.1, 0.15) is 39.7 Å². The Hall–Kier alpha value is -3.20. The highest BCUT2D eigenvalue weighted by Gasteiger charge is 2.78. The standard InChI is InChI=1S/C26H30N2O7/c1-6-16-17-11-21-24-26(22(17)25(32)33-5,18-9-7-8-10-20(18)27(24)13(2)29)19(12-34-14(3)30)23(16)28(21)35-15(4)31/h6-10,17,19,21-24H,11-12H2,1-5H3/b16-6+/t17-,19-,21-,22-,23-,24?,26+/m0/s1. The third kappa shape index (κ3) is 2.97. The number of fused-ring (bicyclic) bond motifs is 1. The molecule has 186 valence electrons. The maximum absolute atomic E-state index is 13.6. The molecule has 6 rings (SSSR count). The molecule has 0 N–H and O–H groups in total. The molecule has 5 aliphatic rings. The van der Waals surface area contributed by atoms with Crippen molar-refractivity contribution in [1.82, 2.24) is 5.06 Å². The van der Waals surface area contributed by atoms with Crippen molar-refractivity contribution in [3.05, 3.63) is 41.5 Å². The van der Waals surface area contributed by atoms with Crippen LogP contribution in [0.25, 0.3) is 0 Å². The second-order valence-electron chi connectivity index (χ2n) is 9.78. The molecule has 35 heavy (non-hydrogen) atoms. The number of anilines is 1. The van der Waals surface area contributed by atoms with Crippen LogP contribution in [0.4, 0.5) is 5.69 Å². The quantitative estimate of drug-likeness (QED) is 0.475. The van der Waals surface area contributed by atoms with E-state index in [0.717, 1.165) is 16.8 Å². The van der Waals surface area contributed by atoms with Crippen LogP contribution < -0.4 is 4.90 Å². The molecule has 0 aromatic heterocycles. The first-order valence-electron chi connectivity index (χ1n) is 11.9. The number of para-hydroxylation sites is 1. The van der Waals surface area contributed by atoms with Gasteiger partial charge in [-0.1, -0.05) is 24.3 Å². The summed E-state index contributed by atoms with van der Waals surface area (Å²) >= 11 is 0. The van der Waals surface area contributed by atoms with Gasteiger partial charge in [0.25, 0.3) is 0 Å². The van der Waals surface area contributed by atoms with Crippen molar-refractivity contribution in [2.75, 3.05) is 18.6 Å². The minimum Gasteiger partial charge on any atom is -0.469 e. The number of hydrogen-bond donors (Lipinski definition) is 0. The number of ether oxygens (including phenoxy) is 2. The SMILES string of the molecule is C/C=C1\[C@@H]2C[C@H]3C4N(C(C)=O)c5ccccc5[C@]4([C@@H]2C(=O)OC)[C@@H](COC(C)=O)[C@H]1N3OC(C)=O. The molecule has 9 nitrogen and oxygen atoms in total. The van der Waals surface area contributed by atoms with Gasteiger partial charge in [-0.15, -0.1) is 5.06 Å². The first kappa shape index (κ1) is 23.5. The molecule has 4 bridgehead atoms. The van der Waals surface area contributed by atoms with Crippen LogP contribution in [0.2, 0.25) is 0 Å². The Labute approximate surface area is 203 Å². The predicted molar refractivity (Wildman–Crippen MR) is 124 cm³/mol. The van der Waals surface area contributed by atoms with E-state index in [1.807, 2.05) is 37.3 Å². The topological polar surface area (TPSA) is 102 Å². The Kier molecular flexibility index (Phi) is 5.51. The number of allylic oxidation sites excluding steroid dienone is 1. The van der Waals surface area contributed by atoms with E-state index in [1.165, 1.54) is 27.9 Å². The summed E-state index contributed by atoms with van der Waals surface area (Å²) in [6.07, 6.45) is 2.49. The molecule has 0 radical (unpaired) electrons. The Balaban J connectivity index is 1.84. The first-order valence-corrected chi connectivity index (χ1v) is 11.9. The van der Waals surface area contributed by atoms with E-state index in [0.29, 0.717) is 6.42 Å². The van der Waals surface area contributed by atoms with Crippen molar-refractivity contribution < 1.29 is 33.5 Å². The summed E-state index contributed by atoms with van der Waals surface area (Å²) in [5, 5.41) is 1.70. The second-order valence-corrected chi connectivity index (χ2v) is 9.78. The van der Waals surface area contributed by atoms with E-state index in [9.17, 15) is 19.2 Å². The van der Waals surface area contributed by atoms with Gasteiger partial charge >= 0.3 is 17.9 Å². The van der Waals surface area contributed by atoms with Gasteiger partial charge in [-0.2, -0.15) is 0 Å². The fraction of sp³-hybridized carbons (Fsp3) is 0.538. The van der Waals surface area contributed by atoms with Gasteiger partial charge in [-0.3, -0.25) is 19.2 Å². The van der Waals surface area contributed by atoms with Crippen molar-refractivity contribution in [1.29, 1.82) is 0 Å². The lowest BCUT2D eigenvalue weighted by Gasteiger charge is -2.69. The predicted octanol–water partition coefficient (Wildman–Crippen LogP) is 2.14. The van der Waals surface area contributed by atoms with E-state index in [2.05, 4.69) is 0 Å². The van der Waals surface area contributed by atoms with Crippen LogP contribution in [0, 0.1) is 17.8 Å². The molecule has 2 aliphatic carbocycles. The van der Waals surface area contributed by atoms with Gasteiger partial charge in [-0.25, -0.2) is 0 Å². The van der Waals surface area contributed by atoms with Gasteiger partial charge in [0.15, 0.2) is 0 Å². The summed E-state index contributed by atoms with van der Waals surface area (Å²) in [6.45, 7) is 6.09. The summed E-state index contributed by atoms with van der Waals surface area (Å²) in [6, 6.07) is 6.34. The van der Waals surface area contributed by atoms with Gasteiger partial charge in [-0.05, 0) is 36.5 Å². The molecule has 2 saturated heterocycles. The Morgan fingerprint density at radius 1 is 1.11 bits per heavy atom. The normalized spacial score (nSPS) is 35.5. The van der Waals surface area contributed by atoms with E-state index in [-0.39, 0.29) is 30.4 Å². The number of carbonyl (C=O) groups is 4. The van der Waals surface area contributed by atoms with Crippen molar-refractivity contribution in [3.63, 3.8) is 0 Å². The second kappa shape index (κ2) is 8.19. The van der Waals surface area contributed by atoms with E-state index < -0.39 is 41.3 Å². The number of hydroxylamine groups is 2. The average Bonchev–Trinajstić information content (AvgIpc) is 3.12. The highest BCUT2D eigenvalue weighted by atomic mass is 16.7. The van der Waals surface area contributed by atoms with Crippen molar-refractivity contribution in [2.24, 2.45) is 17.8 Å². The van der Waals surface area contributed by atoms with Crippen LogP contribution in [-0.2, 0) is 38.9 Å².